The lowest BCUT2D eigenvalue weighted by molar-refractivity contribution is 0.0535. The summed E-state index contributed by atoms with van der Waals surface area (Å²) in [7, 11) is 1.59. The van der Waals surface area contributed by atoms with Gasteiger partial charge in [0.1, 0.15) is 6.61 Å². The Kier molecular flexibility index (Phi) is 9.03. The fraction of sp³-hybridized carbons (Fsp3) is 0.185. The van der Waals surface area contributed by atoms with Crippen molar-refractivity contribution in [1.82, 2.24) is 20.1 Å². The highest BCUT2D eigenvalue weighted by Crippen LogP contribution is 2.33. The van der Waals surface area contributed by atoms with Gasteiger partial charge in [-0.25, -0.2) is 4.79 Å². The number of carbonyl (C=O) groups is 2. The van der Waals surface area contributed by atoms with Crippen molar-refractivity contribution in [1.29, 1.82) is 0 Å². The van der Waals surface area contributed by atoms with Crippen LogP contribution in [0.25, 0.3) is 23.1 Å². The fourth-order valence-electron chi connectivity index (χ4n) is 3.50. The summed E-state index contributed by atoms with van der Waals surface area (Å²) < 4.78 is 11.7. The van der Waals surface area contributed by atoms with Crippen molar-refractivity contribution < 1.29 is 24.2 Å². The van der Waals surface area contributed by atoms with Crippen LogP contribution in [-0.2, 0) is 9.47 Å². The van der Waals surface area contributed by atoms with E-state index in [1.165, 1.54) is 16.4 Å². The molecule has 37 heavy (non-hydrogen) atoms. The molecule has 2 aromatic heterocycles. The number of hydrogen-bond acceptors (Lipinski definition) is 8. The summed E-state index contributed by atoms with van der Waals surface area (Å²) in [6.45, 7) is 0.249. The van der Waals surface area contributed by atoms with Crippen LogP contribution in [0.1, 0.15) is 21.7 Å². The Balaban J connectivity index is 1.67. The number of fused-ring (bicyclic) bond motifs is 1. The largest absolute Gasteiger partial charge is 0.445 e. The van der Waals surface area contributed by atoms with E-state index in [0.29, 0.717) is 16.8 Å². The molecule has 0 saturated carbocycles. The van der Waals surface area contributed by atoms with E-state index in [1.807, 2.05) is 60.7 Å². The Labute approximate surface area is 218 Å². The predicted molar refractivity (Wildman–Crippen MR) is 142 cm³/mol. The summed E-state index contributed by atoms with van der Waals surface area (Å²) in [5.41, 5.74) is 2.46. The van der Waals surface area contributed by atoms with Crippen LogP contribution >= 0.6 is 11.8 Å². The van der Waals surface area contributed by atoms with E-state index >= 15 is 0 Å². The second-order valence-electron chi connectivity index (χ2n) is 7.69. The number of nitrogens with one attached hydrogen (secondary N) is 1. The smallest absolute Gasteiger partial charge is 0.435 e. The molecule has 2 heterocycles. The number of carbonyl (C=O) groups excluding carboxylic acids is 2. The summed E-state index contributed by atoms with van der Waals surface area (Å²) >= 11 is 1.41. The second kappa shape index (κ2) is 12.8. The van der Waals surface area contributed by atoms with Gasteiger partial charge >= 0.3 is 6.09 Å². The molecule has 0 saturated heterocycles. The van der Waals surface area contributed by atoms with Gasteiger partial charge in [0.05, 0.1) is 42.3 Å². The summed E-state index contributed by atoms with van der Waals surface area (Å²) in [6, 6.07) is 18.6. The highest BCUT2D eigenvalue weighted by Gasteiger charge is 2.18. The van der Waals surface area contributed by atoms with Crippen molar-refractivity contribution in [2.75, 3.05) is 33.5 Å². The minimum absolute atomic E-state index is 0.0211. The Bertz CT molecular complexity index is 1400. The molecule has 0 radical (unpaired) electrons. The van der Waals surface area contributed by atoms with E-state index in [2.05, 4.69) is 15.4 Å². The molecule has 9 nitrogen and oxygen atoms in total. The van der Waals surface area contributed by atoms with Gasteiger partial charge < -0.3 is 19.9 Å². The number of pyridine rings is 1. The van der Waals surface area contributed by atoms with Crippen LogP contribution in [0.2, 0.25) is 0 Å². The lowest BCUT2D eigenvalue weighted by atomic mass is 10.2. The van der Waals surface area contributed by atoms with Gasteiger partial charge in [0, 0.05) is 28.4 Å². The van der Waals surface area contributed by atoms with E-state index in [1.54, 1.807) is 25.4 Å². The molecule has 4 rings (SSSR count). The maximum absolute atomic E-state index is 12.9. The molecule has 190 valence electrons. The number of ether oxygens (including phenoxy) is 2. The van der Waals surface area contributed by atoms with Crippen LogP contribution in [0, 0.1) is 0 Å². The van der Waals surface area contributed by atoms with Crippen LogP contribution in [-0.4, -0.2) is 65.3 Å². The SMILES string of the molecule is CNC(=O)c1ccccc1Sc1ccc2c(/C=C/c3ccccn3)nn(C(=O)OCCOCCO)c2c1. The lowest BCUT2D eigenvalue weighted by Gasteiger charge is -2.09. The maximum Gasteiger partial charge on any atom is 0.435 e. The molecule has 0 aliphatic heterocycles. The van der Waals surface area contributed by atoms with Crippen LogP contribution in [0.5, 0.6) is 0 Å². The Morgan fingerprint density at radius 2 is 1.89 bits per heavy atom. The zero-order chi connectivity index (χ0) is 26.0. The topological polar surface area (TPSA) is 116 Å². The molecular formula is C27H26N4O5S. The van der Waals surface area contributed by atoms with Gasteiger partial charge in [-0.3, -0.25) is 9.78 Å². The van der Waals surface area contributed by atoms with Gasteiger partial charge in [-0.05, 0) is 54.6 Å². The average molecular weight is 519 g/mol. The van der Waals surface area contributed by atoms with Crippen molar-refractivity contribution in [2.45, 2.75) is 9.79 Å². The number of benzene rings is 2. The van der Waals surface area contributed by atoms with E-state index in [-0.39, 0.29) is 32.3 Å². The Morgan fingerprint density at radius 1 is 1.05 bits per heavy atom. The molecule has 1 amide bonds. The minimum atomic E-state index is -0.650. The van der Waals surface area contributed by atoms with Gasteiger partial charge in [-0.2, -0.15) is 9.78 Å². The van der Waals surface area contributed by atoms with E-state index in [9.17, 15) is 9.59 Å². The van der Waals surface area contributed by atoms with Gasteiger partial charge in [0.25, 0.3) is 5.91 Å². The number of aliphatic hydroxyl groups excluding tert-OH is 1. The third kappa shape index (κ3) is 6.62. The zero-order valence-electron chi connectivity index (χ0n) is 20.2. The molecule has 0 bridgehead atoms. The molecule has 0 unspecified atom stereocenters. The fourth-order valence-corrected chi connectivity index (χ4v) is 4.48. The number of aliphatic hydroxyl groups is 1. The quantitative estimate of drug-likeness (QED) is 0.302. The van der Waals surface area contributed by atoms with E-state index in [0.717, 1.165) is 20.9 Å². The van der Waals surface area contributed by atoms with Crippen molar-refractivity contribution in [2.24, 2.45) is 0 Å². The molecule has 4 aromatic rings. The lowest BCUT2D eigenvalue weighted by Crippen LogP contribution is -2.18. The molecular weight excluding hydrogens is 492 g/mol. The standard InChI is InChI=1S/C27H26N4O5S/c1-28-26(33)22-7-2-3-8-25(22)37-20-10-11-21-23(12-9-19-6-4-5-13-29-19)30-31(24(21)18-20)27(34)36-17-16-35-15-14-32/h2-13,18,32H,14-17H2,1H3,(H,28,33)/b12-9+. The molecule has 0 fully saturated rings. The first-order valence-electron chi connectivity index (χ1n) is 11.6. The summed E-state index contributed by atoms with van der Waals surface area (Å²) in [5, 5.41) is 16.7. The first kappa shape index (κ1) is 26.1. The number of nitrogens with zero attached hydrogens (tertiary/aromatic N) is 3. The van der Waals surface area contributed by atoms with Crippen molar-refractivity contribution >= 4 is 46.8 Å². The molecule has 0 aliphatic carbocycles. The molecule has 2 N–H and O–H groups in total. The Hall–Kier alpha value is -3.99. The van der Waals surface area contributed by atoms with Gasteiger partial charge in [-0.15, -0.1) is 0 Å². The maximum atomic E-state index is 12.9. The predicted octanol–water partition coefficient (Wildman–Crippen LogP) is 4.11. The molecule has 0 aliphatic rings. The molecule has 2 aromatic carbocycles. The monoisotopic (exact) mass is 518 g/mol. The average Bonchev–Trinajstić information content (AvgIpc) is 3.30. The summed E-state index contributed by atoms with van der Waals surface area (Å²) in [5.74, 6) is -0.178. The van der Waals surface area contributed by atoms with Crippen LogP contribution < -0.4 is 5.32 Å². The normalized spacial score (nSPS) is 11.2. The highest BCUT2D eigenvalue weighted by atomic mass is 32.2. The third-order valence-electron chi connectivity index (χ3n) is 5.23. The second-order valence-corrected chi connectivity index (χ2v) is 8.81. The minimum Gasteiger partial charge on any atom is -0.445 e. The van der Waals surface area contributed by atoms with Crippen molar-refractivity contribution in [3.8, 4) is 0 Å². The van der Waals surface area contributed by atoms with E-state index in [4.69, 9.17) is 14.6 Å². The number of aromatic nitrogens is 3. The van der Waals surface area contributed by atoms with Crippen LogP contribution in [0.4, 0.5) is 4.79 Å². The number of amides is 1. The first-order chi connectivity index (χ1) is 18.1. The molecule has 0 atom stereocenters. The van der Waals surface area contributed by atoms with Gasteiger partial charge in [0.2, 0.25) is 0 Å². The summed E-state index contributed by atoms with van der Waals surface area (Å²) in [4.78, 5) is 31.1. The highest BCUT2D eigenvalue weighted by molar-refractivity contribution is 7.99. The van der Waals surface area contributed by atoms with Crippen molar-refractivity contribution in [3.05, 3.63) is 83.8 Å². The Morgan fingerprint density at radius 3 is 2.68 bits per heavy atom. The number of hydrogen-bond donors (Lipinski definition) is 2. The van der Waals surface area contributed by atoms with Crippen LogP contribution in [0.15, 0.2) is 76.7 Å². The van der Waals surface area contributed by atoms with Gasteiger partial charge in [-0.1, -0.05) is 30.0 Å². The number of rotatable bonds is 10. The summed E-state index contributed by atoms with van der Waals surface area (Å²) in [6.07, 6.45) is 4.67. The first-order valence-corrected chi connectivity index (χ1v) is 12.4. The van der Waals surface area contributed by atoms with Crippen molar-refractivity contribution in [3.63, 3.8) is 0 Å². The third-order valence-corrected chi connectivity index (χ3v) is 6.29. The molecule has 10 heteroatoms. The molecule has 0 spiro atoms. The van der Waals surface area contributed by atoms with Gasteiger partial charge in [0.15, 0.2) is 0 Å². The van der Waals surface area contributed by atoms with E-state index < -0.39 is 6.09 Å². The van der Waals surface area contributed by atoms with Crippen LogP contribution in [0.3, 0.4) is 0 Å². The zero-order valence-corrected chi connectivity index (χ0v) is 21.0.